The summed E-state index contributed by atoms with van der Waals surface area (Å²) in [6.45, 7) is -0.583. The largest absolute Gasteiger partial charge is 0.365 e. The number of nitro benzene ring substituents is 2. The molecule has 0 aliphatic heterocycles. The van der Waals surface area contributed by atoms with Crippen LogP contribution in [0.5, 0.6) is 0 Å². The second-order valence-electron chi connectivity index (χ2n) is 4.91. The molecule has 1 rings (SSSR count). The first kappa shape index (κ1) is 21.7. The number of rotatable bonds is 10. The minimum atomic E-state index is -3.77. The number of nitro groups is 2. The summed E-state index contributed by atoms with van der Waals surface area (Å²) in [5.74, 6) is -1.13. The van der Waals surface area contributed by atoms with E-state index in [1.807, 2.05) is 0 Å². The quantitative estimate of drug-likeness (QED) is 0.231. The molecule has 12 nitrogen and oxygen atoms in total. The van der Waals surface area contributed by atoms with Crippen molar-refractivity contribution in [2.24, 2.45) is 5.73 Å². The topological polar surface area (TPSA) is 176 Å². The van der Waals surface area contributed by atoms with Crippen LogP contribution in [-0.4, -0.2) is 55.5 Å². The van der Waals surface area contributed by atoms with Crippen molar-refractivity contribution in [1.29, 1.82) is 0 Å². The lowest BCUT2D eigenvalue weighted by atomic mass is 10.1. The zero-order chi connectivity index (χ0) is 20.1. The van der Waals surface area contributed by atoms with Crippen molar-refractivity contribution in [2.45, 2.75) is 0 Å². The lowest BCUT2D eigenvalue weighted by Gasteiger charge is -2.23. The van der Waals surface area contributed by atoms with Crippen molar-refractivity contribution >= 4 is 49.0 Å². The number of anilines is 1. The summed E-state index contributed by atoms with van der Waals surface area (Å²) in [5.41, 5.74) is 2.73. The Morgan fingerprint density at radius 3 is 2.31 bits per heavy atom. The molecule has 0 bridgehead atoms. The molecule has 0 aliphatic rings. The smallest absolute Gasteiger partial charge is 0.312 e. The monoisotopic (exact) mass is 454 g/mol. The van der Waals surface area contributed by atoms with Gasteiger partial charge in [0.05, 0.1) is 22.7 Å². The van der Waals surface area contributed by atoms with E-state index in [-0.39, 0.29) is 18.4 Å². The Kier molecular flexibility index (Phi) is 7.41. The molecule has 0 aromatic heterocycles. The molecule has 0 unspecified atom stereocenters. The molecule has 2 N–H and O–H groups in total. The highest BCUT2D eigenvalue weighted by atomic mass is 79.9. The summed E-state index contributed by atoms with van der Waals surface area (Å²) in [4.78, 5) is 33.7. The van der Waals surface area contributed by atoms with Gasteiger partial charge in [0.2, 0.25) is 0 Å². The van der Waals surface area contributed by atoms with Gasteiger partial charge in [-0.25, -0.2) is 0 Å². The van der Waals surface area contributed by atoms with E-state index in [0.717, 1.165) is 18.4 Å². The van der Waals surface area contributed by atoms with E-state index in [0.29, 0.717) is 0 Å². The van der Waals surface area contributed by atoms with E-state index in [9.17, 15) is 33.4 Å². The van der Waals surface area contributed by atoms with Gasteiger partial charge in [0.15, 0.2) is 5.69 Å². The van der Waals surface area contributed by atoms with Gasteiger partial charge in [-0.3, -0.25) is 29.2 Å². The molecule has 0 spiro atoms. The van der Waals surface area contributed by atoms with Gasteiger partial charge in [-0.05, 0) is 6.07 Å². The van der Waals surface area contributed by atoms with E-state index >= 15 is 0 Å². The number of halogens is 1. The van der Waals surface area contributed by atoms with E-state index in [1.54, 1.807) is 0 Å². The van der Waals surface area contributed by atoms with E-state index in [1.165, 1.54) is 4.90 Å². The highest BCUT2D eigenvalue weighted by Gasteiger charge is 2.34. The molecule has 0 saturated heterocycles. The SMILES string of the molecule is CS(=O)(=O)OCCN(CCBr)c1c([N+](=O)[O-])ccc(C(N)=O)c1[N+](=O)[O-]. The molecule has 0 aliphatic carbocycles. The highest BCUT2D eigenvalue weighted by molar-refractivity contribution is 9.09. The maximum absolute atomic E-state index is 11.5. The maximum Gasteiger partial charge on any atom is 0.312 e. The van der Waals surface area contributed by atoms with Crippen LogP contribution in [0.4, 0.5) is 17.1 Å². The minimum absolute atomic E-state index is 0.0387. The number of nitrogens with zero attached hydrogens (tertiary/aromatic N) is 3. The number of alkyl halides is 1. The average Bonchev–Trinajstić information content (AvgIpc) is 2.51. The van der Waals surface area contributed by atoms with Gasteiger partial charge in [0.25, 0.3) is 21.7 Å². The van der Waals surface area contributed by atoms with Crippen molar-refractivity contribution in [3.8, 4) is 0 Å². The van der Waals surface area contributed by atoms with Crippen LogP contribution in [0, 0.1) is 20.2 Å². The van der Waals surface area contributed by atoms with E-state index in [4.69, 9.17) is 5.73 Å². The molecule has 0 atom stereocenters. The number of hydrogen-bond donors (Lipinski definition) is 1. The predicted molar refractivity (Wildman–Crippen MR) is 95.1 cm³/mol. The van der Waals surface area contributed by atoms with Crippen molar-refractivity contribution in [1.82, 2.24) is 0 Å². The van der Waals surface area contributed by atoms with Crippen LogP contribution in [0.1, 0.15) is 10.4 Å². The number of hydrogen-bond acceptors (Lipinski definition) is 9. The lowest BCUT2D eigenvalue weighted by molar-refractivity contribution is -0.392. The number of carbonyl (C=O) groups excluding carboxylic acids is 1. The van der Waals surface area contributed by atoms with Gasteiger partial charge in [-0.1, -0.05) is 15.9 Å². The molecule has 0 saturated carbocycles. The Labute approximate surface area is 156 Å². The van der Waals surface area contributed by atoms with Gasteiger partial charge in [-0.15, -0.1) is 0 Å². The van der Waals surface area contributed by atoms with Crippen molar-refractivity contribution in [2.75, 3.05) is 36.2 Å². The summed E-state index contributed by atoms with van der Waals surface area (Å²) in [6.07, 6.45) is 0.820. The Balaban J connectivity index is 3.54. The molecule has 26 heavy (non-hydrogen) atoms. The second-order valence-corrected chi connectivity index (χ2v) is 7.35. The number of nitrogens with two attached hydrogens (primary N) is 1. The Morgan fingerprint density at radius 1 is 1.27 bits per heavy atom. The first-order valence-corrected chi connectivity index (χ1v) is 9.84. The van der Waals surface area contributed by atoms with Gasteiger partial charge in [0.1, 0.15) is 5.56 Å². The average molecular weight is 455 g/mol. The number of amides is 1. The first-order valence-electron chi connectivity index (χ1n) is 6.90. The summed E-state index contributed by atoms with van der Waals surface area (Å²) in [6, 6.07) is 1.84. The predicted octanol–water partition coefficient (Wildman–Crippen LogP) is 0.779. The standard InChI is InChI=1S/C12H15BrN4O8S/c1-26(23,24)25-7-6-15(5-4-13)11-9(16(19)20)3-2-8(12(14)18)10(11)17(21)22/h2-3H,4-7H2,1H3,(H2,14,18). The number of primary amides is 1. The van der Waals surface area contributed by atoms with Gasteiger partial charge in [0, 0.05) is 24.5 Å². The summed E-state index contributed by atoms with van der Waals surface area (Å²) in [5, 5.41) is 23.0. The van der Waals surface area contributed by atoms with Crippen LogP contribution in [0.15, 0.2) is 12.1 Å². The molecule has 0 fully saturated rings. The molecule has 1 aromatic carbocycles. The van der Waals surface area contributed by atoms with Crippen LogP contribution in [0.25, 0.3) is 0 Å². The van der Waals surface area contributed by atoms with Crippen molar-refractivity contribution in [3.63, 3.8) is 0 Å². The van der Waals surface area contributed by atoms with E-state index in [2.05, 4.69) is 20.1 Å². The highest BCUT2D eigenvalue weighted by Crippen LogP contribution is 2.40. The van der Waals surface area contributed by atoms with Gasteiger partial charge in [-0.2, -0.15) is 8.42 Å². The fraction of sp³-hybridized carbons (Fsp3) is 0.417. The Bertz CT molecular complexity index is 829. The molecule has 0 radical (unpaired) electrons. The lowest BCUT2D eigenvalue weighted by Crippen LogP contribution is -2.32. The molecule has 0 heterocycles. The third kappa shape index (κ3) is 5.60. The van der Waals surface area contributed by atoms with Crippen LogP contribution in [0.2, 0.25) is 0 Å². The normalized spacial score (nSPS) is 11.2. The van der Waals surface area contributed by atoms with Crippen LogP contribution in [-0.2, 0) is 14.3 Å². The van der Waals surface area contributed by atoms with Crippen molar-refractivity contribution < 1.29 is 27.2 Å². The maximum atomic E-state index is 11.5. The number of carbonyl (C=O) groups is 1. The zero-order valence-electron chi connectivity index (χ0n) is 13.5. The molecule has 14 heteroatoms. The molecular weight excluding hydrogens is 440 g/mol. The third-order valence-electron chi connectivity index (χ3n) is 3.10. The fourth-order valence-electron chi connectivity index (χ4n) is 2.15. The third-order valence-corrected chi connectivity index (χ3v) is 4.05. The zero-order valence-corrected chi connectivity index (χ0v) is 15.9. The van der Waals surface area contributed by atoms with E-state index < -0.39 is 55.1 Å². The fourth-order valence-corrected chi connectivity index (χ4v) is 2.95. The van der Waals surface area contributed by atoms with Gasteiger partial charge >= 0.3 is 5.69 Å². The summed E-state index contributed by atoms with van der Waals surface area (Å²) in [7, 11) is -3.77. The molecule has 1 amide bonds. The van der Waals surface area contributed by atoms with Crippen LogP contribution < -0.4 is 10.6 Å². The van der Waals surface area contributed by atoms with Gasteiger partial charge < -0.3 is 10.6 Å². The Morgan fingerprint density at radius 2 is 1.88 bits per heavy atom. The summed E-state index contributed by atoms with van der Waals surface area (Å²) < 4.78 is 26.7. The van der Waals surface area contributed by atoms with Crippen LogP contribution >= 0.6 is 15.9 Å². The van der Waals surface area contributed by atoms with Crippen molar-refractivity contribution in [3.05, 3.63) is 37.9 Å². The van der Waals surface area contributed by atoms with Crippen LogP contribution in [0.3, 0.4) is 0 Å². The summed E-state index contributed by atoms with van der Waals surface area (Å²) >= 11 is 3.12. The Hall–Kier alpha value is -2.32. The number of benzene rings is 1. The molecule has 1 aromatic rings. The molecular formula is C12H15BrN4O8S. The second kappa shape index (κ2) is 8.86. The first-order chi connectivity index (χ1) is 12.0. The molecule has 144 valence electrons. The minimum Gasteiger partial charge on any atom is -0.365 e.